The van der Waals surface area contributed by atoms with Gasteiger partial charge in [0.1, 0.15) is 0 Å². The van der Waals surface area contributed by atoms with Gasteiger partial charge in [-0.25, -0.2) is 9.78 Å². The Bertz CT molecular complexity index is 465. The summed E-state index contributed by atoms with van der Waals surface area (Å²) in [6.45, 7) is 4.69. The van der Waals surface area contributed by atoms with Gasteiger partial charge in [-0.05, 0) is 26.0 Å². The highest BCUT2D eigenvalue weighted by atomic mass is 16.5. The molecule has 1 heterocycles. The maximum Gasteiger partial charge on any atom is 0.407 e. The van der Waals surface area contributed by atoms with Crippen molar-refractivity contribution in [3.05, 3.63) is 24.0 Å². The molecule has 0 fully saturated rings. The predicted molar refractivity (Wildman–Crippen MR) is 75.7 cm³/mol. The summed E-state index contributed by atoms with van der Waals surface area (Å²) in [5.74, 6) is -0.292. The van der Waals surface area contributed by atoms with Crippen molar-refractivity contribution in [2.24, 2.45) is 0 Å². The molecule has 20 heavy (non-hydrogen) atoms. The third kappa shape index (κ3) is 4.75. The molecule has 1 aromatic heterocycles. The number of ether oxygens (including phenoxy) is 1. The van der Waals surface area contributed by atoms with E-state index in [9.17, 15) is 9.59 Å². The molecule has 1 rings (SSSR count). The van der Waals surface area contributed by atoms with Crippen LogP contribution in [0.3, 0.4) is 0 Å². The normalized spacial score (nSPS) is 11.3. The van der Waals surface area contributed by atoms with E-state index in [1.165, 1.54) is 7.11 Å². The Labute approximate surface area is 118 Å². The molecule has 0 aliphatic heterocycles. The summed E-state index contributed by atoms with van der Waals surface area (Å²) in [7, 11) is 1.29. The Morgan fingerprint density at radius 3 is 2.85 bits per heavy atom. The van der Waals surface area contributed by atoms with Crippen LogP contribution in [0, 0.1) is 0 Å². The number of nitrogens with zero attached hydrogens (tertiary/aromatic N) is 1. The first-order chi connectivity index (χ1) is 9.58. The van der Waals surface area contributed by atoms with Crippen molar-refractivity contribution in [2.75, 3.05) is 25.5 Å². The van der Waals surface area contributed by atoms with Crippen LogP contribution in [0.2, 0.25) is 0 Å². The van der Waals surface area contributed by atoms with E-state index in [0.29, 0.717) is 17.9 Å². The summed E-state index contributed by atoms with van der Waals surface area (Å²) < 4.78 is 4.48. The third-order valence-corrected chi connectivity index (χ3v) is 2.51. The van der Waals surface area contributed by atoms with Gasteiger partial charge < -0.3 is 20.7 Å². The molecule has 110 valence electrons. The number of rotatable bonds is 6. The standard InChI is InChI=1S/C13H20N4O3/c1-4-14-10-6-5-7-15-11(10)12(18)16-8-9(2)17-13(19)20-3/h5-7,9,14H,4,8H2,1-3H3,(H,16,18)(H,17,19)/t9-/m1/s1. The first-order valence-electron chi connectivity index (χ1n) is 6.40. The van der Waals surface area contributed by atoms with Crippen LogP contribution in [0.1, 0.15) is 24.3 Å². The monoisotopic (exact) mass is 280 g/mol. The number of pyridine rings is 1. The summed E-state index contributed by atoms with van der Waals surface area (Å²) in [4.78, 5) is 27.1. The molecule has 0 saturated carbocycles. The molecule has 1 aromatic rings. The van der Waals surface area contributed by atoms with E-state index in [1.54, 1.807) is 25.3 Å². The number of anilines is 1. The Morgan fingerprint density at radius 2 is 2.20 bits per heavy atom. The molecular weight excluding hydrogens is 260 g/mol. The highest BCUT2D eigenvalue weighted by Gasteiger charge is 2.14. The Morgan fingerprint density at radius 1 is 1.45 bits per heavy atom. The number of aromatic nitrogens is 1. The maximum atomic E-state index is 12.0. The van der Waals surface area contributed by atoms with Crippen LogP contribution in [0.15, 0.2) is 18.3 Å². The van der Waals surface area contributed by atoms with Gasteiger partial charge in [0.05, 0.1) is 12.8 Å². The number of carbonyl (C=O) groups excluding carboxylic acids is 2. The van der Waals surface area contributed by atoms with Crippen molar-refractivity contribution in [1.82, 2.24) is 15.6 Å². The third-order valence-electron chi connectivity index (χ3n) is 2.51. The molecule has 0 saturated heterocycles. The second-order valence-electron chi connectivity index (χ2n) is 4.18. The smallest absolute Gasteiger partial charge is 0.407 e. The van der Waals surface area contributed by atoms with Gasteiger partial charge in [0, 0.05) is 25.3 Å². The maximum absolute atomic E-state index is 12.0. The zero-order valence-corrected chi connectivity index (χ0v) is 11.9. The molecule has 0 unspecified atom stereocenters. The van der Waals surface area contributed by atoms with E-state index >= 15 is 0 Å². The van der Waals surface area contributed by atoms with Crippen molar-refractivity contribution >= 4 is 17.7 Å². The molecule has 0 radical (unpaired) electrons. The van der Waals surface area contributed by atoms with Crippen LogP contribution >= 0.6 is 0 Å². The molecule has 0 bridgehead atoms. The number of nitrogens with one attached hydrogen (secondary N) is 3. The summed E-state index contributed by atoms with van der Waals surface area (Å²) in [5.41, 5.74) is 1.01. The fourth-order valence-corrected chi connectivity index (χ4v) is 1.56. The second-order valence-corrected chi connectivity index (χ2v) is 4.18. The minimum absolute atomic E-state index is 0.238. The van der Waals surface area contributed by atoms with E-state index in [-0.39, 0.29) is 18.5 Å². The Hall–Kier alpha value is -2.31. The van der Waals surface area contributed by atoms with Gasteiger partial charge in [-0.15, -0.1) is 0 Å². The summed E-state index contributed by atoms with van der Waals surface area (Å²) in [6.07, 6.45) is 1.03. The molecular formula is C13H20N4O3. The molecule has 0 aliphatic rings. The number of hydrogen-bond donors (Lipinski definition) is 3. The molecule has 0 aromatic carbocycles. The second kappa shape index (κ2) is 7.98. The predicted octanol–water partition coefficient (Wildman–Crippen LogP) is 0.988. The highest BCUT2D eigenvalue weighted by molar-refractivity contribution is 5.97. The van der Waals surface area contributed by atoms with Crippen LogP contribution in [0.4, 0.5) is 10.5 Å². The molecule has 7 nitrogen and oxygen atoms in total. The van der Waals surface area contributed by atoms with E-state index in [1.807, 2.05) is 6.92 Å². The molecule has 3 N–H and O–H groups in total. The number of hydrogen-bond acceptors (Lipinski definition) is 5. The minimum Gasteiger partial charge on any atom is -0.453 e. The minimum atomic E-state index is -0.530. The molecule has 1 atom stereocenters. The van der Waals surface area contributed by atoms with Gasteiger partial charge in [-0.1, -0.05) is 0 Å². The Kier molecular flexibility index (Phi) is 6.28. The van der Waals surface area contributed by atoms with Crippen molar-refractivity contribution in [3.63, 3.8) is 0 Å². The fraction of sp³-hybridized carbons (Fsp3) is 0.462. The SMILES string of the molecule is CCNc1cccnc1C(=O)NC[C@@H](C)NC(=O)OC. The van der Waals surface area contributed by atoms with Gasteiger partial charge >= 0.3 is 6.09 Å². The first-order valence-corrected chi connectivity index (χ1v) is 6.40. The topological polar surface area (TPSA) is 92.4 Å². The highest BCUT2D eigenvalue weighted by Crippen LogP contribution is 2.11. The van der Waals surface area contributed by atoms with E-state index in [0.717, 1.165) is 0 Å². The van der Waals surface area contributed by atoms with Crippen molar-refractivity contribution in [2.45, 2.75) is 19.9 Å². The molecule has 0 aliphatic carbocycles. The van der Waals surface area contributed by atoms with Gasteiger partial charge in [-0.3, -0.25) is 4.79 Å². The van der Waals surface area contributed by atoms with Crippen LogP contribution < -0.4 is 16.0 Å². The Balaban J connectivity index is 2.56. The average Bonchev–Trinajstić information content (AvgIpc) is 2.45. The van der Waals surface area contributed by atoms with Crippen molar-refractivity contribution in [3.8, 4) is 0 Å². The summed E-state index contributed by atoms with van der Waals surface area (Å²) in [6, 6.07) is 3.32. The van der Waals surface area contributed by atoms with Gasteiger partial charge in [0.15, 0.2) is 5.69 Å². The van der Waals surface area contributed by atoms with Crippen LogP contribution in [0.25, 0.3) is 0 Å². The molecule has 0 spiro atoms. The average molecular weight is 280 g/mol. The lowest BCUT2D eigenvalue weighted by Gasteiger charge is -2.14. The van der Waals surface area contributed by atoms with E-state index in [4.69, 9.17) is 0 Å². The lowest BCUT2D eigenvalue weighted by atomic mass is 10.2. The zero-order chi connectivity index (χ0) is 15.0. The van der Waals surface area contributed by atoms with E-state index < -0.39 is 6.09 Å². The molecule has 7 heteroatoms. The number of methoxy groups -OCH3 is 1. The van der Waals surface area contributed by atoms with Crippen LogP contribution in [-0.2, 0) is 4.74 Å². The quantitative estimate of drug-likeness (QED) is 0.722. The number of amides is 2. The number of carbonyl (C=O) groups is 2. The summed E-state index contributed by atoms with van der Waals surface area (Å²) >= 11 is 0. The lowest BCUT2D eigenvalue weighted by molar-refractivity contribution is 0.0944. The molecule has 2 amide bonds. The first kappa shape index (κ1) is 15.7. The zero-order valence-electron chi connectivity index (χ0n) is 11.9. The fourth-order valence-electron chi connectivity index (χ4n) is 1.56. The lowest BCUT2D eigenvalue weighted by Crippen LogP contribution is -2.42. The van der Waals surface area contributed by atoms with Crippen LogP contribution in [0.5, 0.6) is 0 Å². The van der Waals surface area contributed by atoms with Gasteiger partial charge in [0.2, 0.25) is 0 Å². The number of alkyl carbamates (subject to hydrolysis) is 1. The largest absolute Gasteiger partial charge is 0.453 e. The van der Waals surface area contributed by atoms with Crippen molar-refractivity contribution in [1.29, 1.82) is 0 Å². The summed E-state index contributed by atoms with van der Waals surface area (Å²) in [5, 5.41) is 8.35. The van der Waals surface area contributed by atoms with Crippen molar-refractivity contribution < 1.29 is 14.3 Å². The van der Waals surface area contributed by atoms with Gasteiger partial charge in [0.25, 0.3) is 5.91 Å². The van der Waals surface area contributed by atoms with Crippen LogP contribution in [-0.4, -0.2) is 43.2 Å². The van der Waals surface area contributed by atoms with E-state index in [2.05, 4.69) is 25.7 Å². The van der Waals surface area contributed by atoms with Gasteiger partial charge in [-0.2, -0.15) is 0 Å².